The normalized spacial score (nSPS) is 10.6. The second-order valence-corrected chi connectivity index (χ2v) is 5.02. The summed E-state index contributed by atoms with van der Waals surface area (Å²) in [7, 11) is 0. The molecule has 0 amide bonds. The highest BCUT2D eigenvalue weighted by Crippen LogP contribution is 2.28. The van der Waals surface area contributed by atoms with E-state index in [1.165, 1.54) is 12.8 Å². The van der Waals surface area contributed by atoms with Crippen LogP contribution in [-0.4, -0.2) is 11.6 Å². The number of nitrogens with two attached hydrogens (primary N) is 1. The molecule has 0 saturated heterocycles. The first-order chi connectivity index (χ1) is 9.24. The molecule has 0 saturated carbocycles. The van der Waals surface area contributed by atoms with E-state index in [-0.39, 0.29) is 0 Å². The lowest BCUT2D eigenvalue weighted by atomic mass is 10.0. The van der Waals surface area contributed by atoms with Crippen molar-refractivity contribution in [1.29, 1.82) is 0 Å². The maximum Gasteiger partial charge on any atom is 0.130 e. The first kappa shape index (κ1) is 13.8. The standard InChI is InChI=1S/C16H19NOS/c1-2-3-6-11-18-14-10-9-12-7-4-5-8-13(12)15(14)16(17)19/h4-5,7-10H,2-3,6,11H2,1H3,(H2,17,19). The summed E-state index contributed by atoms with van der Waals surface area (Å²) in [6.07, 6.45) is 3.42. The first-order valence-electron chi connectivity index (χ1n) is 6.68. The quantitative estimate of drug-likeness (QED) is 0.637. The van der Waals surface area contributed by atoms with Gasteiger partial charge in [0.15, 0.2) is 0 Å². The van der Waals surface area contributed by atoms with E-state index in [0.29, 0.717) is 11.6 Å². The topological polar surface area (TPSA) is 35.2 Å². The summed E-state index contributed by atoms with van der Waals surface area (Å²) in [5, 5.41) is 2.19. The predicted molar refractivity (Wildman–Crippen MR) is 84.9 cm³/mol. The van der Waals surface area contributed by atoms with Gasteiger partial charge in [-0.3, -0.25) is 0 Å². The van der Waals surface area contributed by atoms with Gasteiger partial charge in [-0.15, -0.1) is 0 Å². The third-order valence-electron chi connectivity index (χ3n) is 3.14. The lowest BCUT2D eigenvalue weighted by Gasteiger charge is -2.13. The zero-order valence-corrected chi connectivity index (χ0v) is 12.0. The summed E-state index contributed by atoms with van der Waals surface area (Å²) in [6, 6.07) is 12.1. The molecule has 2 N–H and O–H groups in total. The third-order valence-corrected chi connectivity index (χ3v) is 3.35. The minimum Gasteiger partial charge on any atom is -0.493 e. The van der Waals surface area contributed by atoms with Crippen molar-refractivity contribution in [3.8, 4) is 5.75 Å². The molecular weight excluding hydrogens is 254 g/mol. The van der Waals surface area contributed by atoms with Crippen LogP contribution in [0.1, 0.15) is 31.7 Å². The Labute approximate surface area is 119 Å². The average molecular weight is 273 g/mol. The van der Waals surface area contributed by atoms with Gasteiger partial charge in [0, 0.05) is 0 Å². The van der Waals surface area contributed by atoms with Crippen LogP contribution in [0.15, 0.2) is 36.4 Å². The zero-order chi connectivity index (χ0) is 13.7. The molecule has 2 aromatic rings. The van der Waals surface area contributed by atoms with E-state index in [4.69, 9.17) is 22.7 Å². The molecule has 0 aliphatic heterocycles. The van der Waals surface area contributed by atoms with Gasteiger partial charge in [-0.05, 0) is 23.3 Å². The van der Waals surface area contributed by atoms with Gasteiger partial charge in [-0.2, -0.15) is 0 Å². The van der Waals surface area contributed by atoms with Gasteiger partial charge in [0.05, 0.1) is 12.2 Å². The summed E-state index contributed by atoms with van der Waals surface area (Å²) >= 11 is 5.18. The van der Waals surface area contributed by atoms with E-state index in [2.05, 4.69) is 13.0 Å². The SMILES string of the molecule is CCCCCOc1ccc2ccccc2c1C(N)=S. The molecule has 0 aliphatic carbocycles. The number of thiocarbonyl (C=S) groups is 1. The van der Waals surface area contributed by atoms with Crippen LogP contribution < -0.4 is 10.5 Å². The van der Waals surface area contributed by atoms with Crippen LogP contribution in [0.4, 0.5) is 0 Å². The van der Waals surface area contributed by atoms with Crippen molar-refractivity contribution < 1.29 is 4.74 Å². The van der Waals surface area contributed by atoms with Gasteiger partial charge in [0.1, 0.15) is 10.7 Å². The molecular formula is C16H19NOS. The van der Waals surface area contributed by atoms with Gasteiger partial charge < -0.3 is 10.5 Å². The highest BCUT2D eigenvalue weighted by atomic mass is 32.1. The molecule has 0 fully saturated rings. The molecule has 0 aliphatic rings. The molecule has 2 aromatic carbocycles. The number of rotatable bonds is 6. The Morgan fingerprint density at radius 2 is 1.95 bits per heavy atom. The third kappa shape index (κ3) is 3.24. The number of hydrogen-bond donors (Lipinski definition) is 1. The van der Waals surface area contributed by atoms with Gasteiger partial charge in [-0.25, -0.2) is 0 Å². The van der Waals surface area contributed by atoms with Crippen LogP contribution in [0.5, 0.6) is 5.75 Å². The Morgan fingerprint density at radius 3 is 2.68 bits per heavy atom. The van der Waals surface area contributed by atoms with E-state index in [9.17, 15) is 0 Å². The van der Waals surface area contributed by atoms with Gasteiger partial charge >= 0.3 is 0 Å². The summed E-state index contributed by atoms with van der Waals surface area (Å²) in [5.74, 6) is 0.794. The van der Waals surface area contributed by atoms with Crippen molar-refractivity contribution in [2.45, 2.75) is 26.2 Å². The van der Waals surface area contributed by atoms with Crippen LogP contribution in [-0.2, 0) is 0 Å². The lowest BCUT2D eigenvalue weighted by Crippen LogP contribution is -2.13. The maximum atomic E-state index is 5.86. The minimum atomic E-state index is 0.391. The molecule has 0 bridgehead atoms. The Balaban J connectivity index is 2.32. The van der Waals surface area contributed by atoms with E-state index in [0.717, 1.165) is 28.5 Å². The Bertz CT molecular complexity index is 580. The molecule has 0 aromatic heterocycles. The van der Waals surface area contributed by atoms with Crippen LogP contribution in [0, 0.1) is 0 Å². The highest BCUT2D eigenvalue weighted by Gasteiger charge is 2.11. The van der Waals surface area contributed by atoms with Crippen LogP contribution in [0.2, 0.25) is 0 Å². The number of hydrogen-bond acceptors (Lipinski definition) is 2. The molecule has 3 heteroatoms. The fraction of sp³-hybridized carbons (Fsp3) is 0.312. The number of ether oxygens (including phenoxy) is 1. The van der Waals surface area contributed by atoms with E-state index < -0.39 is 0 Å². The fourth-order valence-corrected chi connectivity index (χ4v) is 2.37. The van der Waals surface area contributed by atoms with Crippen molar-refractivity contribution in [2.75, 3.05) is 6.61 Å². The molecule has 0 radical (unpaired) electrons. The average Bonchev–Trinajstić information content (AvgIpc) is 2.42. The van der Waals surface area contributed by atoms with Crippen molar-refractivity contribution in [1.82, 2.24) is 0 Å². The Kier molecular flexibility index (Phi) is 4.74. The van der Waals surface area contributed by atoms with E-state index in [1.54, 1.807) is 0 Å². The summed E-state index contributed by atoms with van der Waals surface area (Å²) in [6.45, 7) is 2.89. The minimum absolute atomic E-state index is 0.391. The lowest BCUT2D eigenvalue weighted by molar-refractivity contribution is 0.306. The second kappa shape index (κ2) is 6.53. The highest BCUT2D eigenvalue weighted by molar-refractivity contribution is 7.80. The van der Waals surface area contributed by atoms with Crippen molar-refractivity contribution in [2.24, 2.45) is 5.73 Å². The smallest absolute Gasteiger partial charge is 0.130 e. The molecule has 0 spiro atoms. The molecule has 2 rings (SSSR count). The van der Waals surface area contributed by atoms with Gasteiger partial charge in [0.25, 0.3) is 0 Å². The maximum absolute atomic E-state index is 5.86. The molecule has 0 atom stereocenters. The summed E-state index contributed by atoms with van der Waals surface area (Å²) < 4.78 is 5.84. The monoisotopic (exact) mass is 273 g/mol. The zero-order valence-electron chi connectivity index (χ0n) is 11.2. The van der Waals surface area contributed by atoms with Crippen molar-refractivity contribution in [3.63, 3.8) is 0 Å². The molecule has 19 heavy (non-hydrogen) atoms. The fourth-order valence-electron chi connectivity index (χ4n) is 2.16. The van der Waals surface area contributed by atoms with Crippen LogP contribution in [0.3, 0.4) is 0 Å². The number of unbranched alkanes of at least 4 members (excludes halogenated alkanes) is 2. The van der Waals surface area contributed by atoms with Crippen molar-refractivity contribution in [3.05, 3.63) is 42.0 Å². The summed E-state index contributed by atoms with van der Waals surface area (Å²) in [5.41, 5.74) is 6.71. The number of benzene rings is 2. The Morgan fingerprint density at radius 1 is 1.16 bits per heavy atom. The van der Waals surface area contributed by atoms with Crippen LogP contribution >= 0.6 is 12.2 Å². The summed E-state index contributed by atoms with van der Waals surface area (Å²) in [4.78, 5) is 0.391. The first-order valence-corrected chi connectivity index (χ1v) is 7.09. The van der Waals surface area contributed by atoms with Crippen LogP contribution in [0.25, 0.3) is 10.8 Å². The molecule has 0 heterocycles. The predicted octanol–water partition coefficient (Wildman–Crippen LogP) is 4.04. The second-order valence-electron chi connectivity index (χ2n) is 4.58. The van der Waals surface area contributed by atoms with E-state index >= 15 is 0 Å². The van der Waals surface area contributed by atoms with Crippen molar-refractivity contribution >= 4 is 28.0 Å². The number of fused-ring (bicyclic) bond motifs is 1. The molecule has 0 unspecified atom stereocenters. The van der Waals surface area contributed by atoms with Gasteiger partial charge in [-0.1, -0.05) is 62.3 Å². The largest absolute Gasteiger partial charge is 0.493 e. The van der Waals surface area contributed by atoms with E-state index in [1.807, 2.05) is 30.3 Å². The van der Waals surface area contributed by atoms with Gasteiger partial charge in [0.2, 0.25) is 0 Å². The Hall–Kier alpha value is -1.61. The molecule has 2 nitrogen and oxygen atoms in total. The molecule has 100 valence electrons.